The Balaban J connectivity index is 1.97. The van der Waals surface area contributed by atoms with Crippen molar-refractivity contribution in [1.29, 1.82) is 0 Å². The second kappa shape index (κ2) is 11.2. The first-order chi connectivity index (χ1) is 15.1. The molecular formula is C23H26F2N2O5. The van der Waals surface area contributed by atoms with Crippen LogP contribution >= 0.6 is 0 Å². The van der Waals surface area contributed by atoms with Crippen LogP contribution in [-0.2, 0) is 20.9 Å². The van der Waals surface area contributed by atoms with E-state index in [-0.39, 0.29) is 6.54 Å². The molecule has 2 N–H and O–H groups in total. The molecule has 2 amide bonds. The van der Waals surface area contributed by atoms with Gasteiger partial charge in [-0.05, 0) is 42.7 Å². The van der Waals surface area contributed by atoms with Gasteiger partial charge in [0.1, 0.15) is 29.0 Å². The van der Waals surface area contributed by atoms with Gasteiger partial charge in [-0.2, -0.15) is 0 Å². The van der Waals surface area contributed by atoms with E-state index in [1.54, 1.807) is 45.2 Å². The van der Waals surface area contributed by atoms with Gasteiger partial charge in [0.05, 0.1) is 7.11 Å². The molecule has 0 heterocycles. The summed E-state index contributed by atoms with van der Waals surface area (Å²) in [5.74, 6) is -4.40. The molecule has 0 spiro atoms. The Morgan fingerprint density at radius 2 is 1.56 bits per heavy atom. The van der Waals surface area contributed by atoms with Gasteiger partial charge in [0.25, 0.3) is 11.8 Å². The molecule has 0 fully saturated rings. The topological polar surface area (TPSA) is 93.7 Å². The fourth-order valence-corrected chi connectivity index (χ4v) is 2.80. The molecule has 0 aliphatic rings. The lowest BCUT2D eigenvalue weighted by Crippen LogP contribution is -2.48. The van der Waals surface area contributed by atoms with Crippen molar-refractivity contribution < 1.29 is 32.6 Å². The monoisotopic (exact) mass is 448 g/mol. The van der Waals surface area contributed by atoms with E-state index >= 15 is 0 Å². The maximum atomic E-state index is 13.9. The van der Waals surface area contributed by atoms with Crippen molar-refractivity contribution in [1.82, 2.24) is 10.6 Å². The van der Waals surface area contributed by atoms with Crippen molar-refractivity contribution in [3.63, 3.8) is 0 Å². The quantitative estimate of drug-likeness (QED) is 0.576. The van der Waals surface area contributed by atoms with Gasteiger partial charge in [-0.25, -0.2) is 13.6 Å². The average Bonchev–Trinajstić information content (AvgIpc) is 2.75. The normalized spacial score (nSPS) is 12.6. The minimum Gasteiger partial charge on any atom is -0.497 e. The van der Waals surface area contributed by atoms with Crippen LogP contribution in [-0.4, -0.2) is 37.0 Å². The maximum Gasteiger partial charge on any atom is 0.329 e. The number of hydrogen-bond acceptors (Lipinski definition) is 5. The van der Waals surface area contributed by atoms with Crippen molar-refractivity contribution in [3.05, 3.63) is 65.2 Å². The SMILES string of the molecule is COc1ccc(CNC(=O)[C@H](C)OC(=O)[C@H](NC(=O)c2c(F)cccc2F)C(C)C)cc1. The molecule has 2 aromatic rings. The third kappa shape index (κ3) is 6.50. The first-order valence-electron chi connectivity index (χ1n) is 10.00. The third-order valence-corrected chi connectivity index (χ3v) is 4.68. The van der Waals surface area contributed by atoms with Gasteiger partial charge in [0.15, 0.2) is 6.10 Å². The van der Waals surface area contributed by atoms with Gasteiger partial charge in [0, 0.05) is 6.54 Å². The van der Waals surface area contributed by atoms with Crippen molar-refractivity contribution in [3.8, 4) is 5.75 Å². The Bertz CT molecular complexity index is 943. The minimum absolute atomic E-state index is 0.210. The Morgan fingerprint density at radius 1 is 0.969 bits per heavy atom. The molecule has 2 atom stereocenters. The Hall–Kier alpha value is -3.49. The molecule has 0 aliphatic carbocycles. The van der Waals surface area contributed by atoms with Crippen LogP contribution < -0.4 is 15.4 Å². The molecule has 2 rings (SSSR count). The minimum atomic E-state index is -1.21. The van der Waals surface area contributed by atoms with Crippen LogP contribution in [0.5, 0.6) is 5.75 Å². The smallest absolute Gasteiger partial charge is 0.329 e. The highest BCUT2D eigenvalue weighted by Crippen LogP contribution is 2.14. The second-order valence-corrected chi connectivity index (χ2v) is 7.44. The van der Waals surface area contributed by atoms with Gasteiger partial charge >= 0.3 is 5.97 Å². The summed E-state index contributed by atoms with van der Waals surface area (Å²) in [6.45, 7) is 4.84. The lowest BCUT2D eigenvalue weighted by atomic mass is 10.0. The van der Waals surface area contributed by atoms with Crippen LogP contribution in [0, 0.1) is 17.6 Å². The maximum absolute atomic E-state index is 13.9. The van der Waals surface area contributed by atoms with E-state index in [1.807, 2.05) is 0 Å². The zero-order valence-electron chi connectivity index (χ0n) is 18.3. The van der Waals surface area contributed by atoms with Gasteiger partial charge in [-0.3, -0.25) is 9.59 Å². The first-order valence-corrected chi connectivity index (χ1v) is 10.00. The van der Waals surface area contributed by atoms with E-state index in [9.17, 15) is 23.2 Å². The third-order valence-electron chi connectivity index (χ3n) is 4.68. The molecule has 0 unspecified atom stereocenters. The van der Waals surface area contributed by atoms with E-state index in [2.05, 4.69) is 10.6 Å². The summed E-state index contributed by atoms with van der Waals surface area (Å²) >= 11 is 0. The van der Waals surface area contributed by atoms with Gasteiger partial charge < -0.3 is 20.1 Å². The summed E-state index contributed by atoms with van der Waals surface area (Å²) < 4.78 is 38.0. The summed E-state index contributed by atoms with van der Waals surface area (Å²) in [7, 11) is 1.55. The van der Waals surface area contributed by atoms with Crippen LogP contribution in [0.15, 0.2) is 42.5 Å². The number of amides is 2. The van der Waals surface area contributed by atoms with Crippen molar-refractivity contribution in [2.24, 2.45) is 5.92 Å². The van der Waals surface area contributed by atoms with Crippen LogP contribution in [0.4, 0.5) is 8.78 Å². The molecular weight excluding hydrogens is 422 g/mol. The Morgan fingerprint density at radius 3 is 2.09 bits per heavy atom. The zero-order chi connectivity index (χ0) is 23.8. The first kappa shape index (κ1) is 24.8. The van der Waals surface area contributed by atoms with Gasteiger partial charge in [0.2, 0.25) is 0 Å². The van der Waals surface area contributed by atoms with Crippen molar-refractivity contribution in [2.45, 2.75) is 39.5 Å². The molecule has 7 nitrogen and oxygen atoms in total. The Kier molecular flexibility index (Phi) is 8.69. The summed E-state index contributed by atoms with van der Waals surface area (Å²) in [5, 5.41) is 4.94. The fraction of sp³-hybridized carbons (Fsp3) is 0.348. The lowest BCUT2D eigenvalue weighted by Gasteiger charge is -2.23. The number of esters is 1. The van der Waals surface area contributed by atoms with E-state index in [1.165, 1.54) is 6.92 Å². The van der Waals surface area contributed by atoms with Gasteiger partial charge in [-0.15, -0.1) is 0 Å². The average molecular weight is 448 g/mol. The number of benzene rings is 2. The number of halogens is 2. The van der Waals surface area contributed by atoms with E-state index < -0.39 is 53.0 Å². The van der Waals surface area contributed by atoms with Crippen molar-refractivity contribution >= 4 is 17.8 Å². The predicted octanol–water partition coefficient (Wildman–Crippen LogP) is 2.98. The number of hydrogen-bond donors (Lipinski definition) is 2. The molecule has 2 aromatic carbocycles. The Labute approximate surface area is 185 Å². The summed E-state index contributed by atoms with van der Waals surface area (Å²) in [5.41, 5.74) is 0.0214. The molecule has 32 heavy (non-hydrogen) atoms. The van der Waals surface area contributed by atoms with Gasteiger partial charge in [-0.1, -0.05) is 32.0 Å². The number of carbonyl (C=O) groups is 3. The predicted molar refractivity (Wildman–Crippen MR) is 113 cm³/mol. The molecule has 0 radical (unpaired) electrons. The zero-order valence-corrected chi connectivity index (χ0v) is 18.3. The highest BCUT2D eigenvalue weighted by atomic mass is 19.1. The summed E-state index contributed by atoms with van der Waals surface area (Å²) in [4.78, 5) is 37.2. The molecule has 0 aliphatic heterocycles. The molecule has 0 aromatic heterocycles. The second-order valence-electron chi connectivity index (χ2n) is 7.44. The van der Waals surface area contributed by atoms with Crippen molar-refractivity contribution in [2.75, 3.05) is 7.11 Å². The number of methoxy groups -OCH3 is 1. The highest BCUT2D eigenvalue weighted by molar-refractivity contribution is 5.97. The van der Waals surface area contributed by atoms with E-state index in [0.717, 1.165) is 23.8 Å². The molecule has 0 saturated carbocycles. The standard InChI is InChI=1S/C23H26F2N2O5/c1-13(2)20(27-22(29)19-17(24)6-5-7-18(19)25)23(30)32-14(3)21(28)26-12-15-8-10-16(31-4)11-9-15/h5-11,13-14,20H,12H2,1-4H3,(H,26,28)(H,27,29)/t14-,20+/m0/s1. The molecule has 172 valence electrons. The largest absolute Gasteiger partial charge is 0.497 e. The molecule has 0 saturated heterocycles. The summed E-state index contributed by atoms with van der Waals surface area (Å²) in [6.07, 6.45) is -1.15. The number of ether oxygens (including phenoxy) is 2. The van der Waals surface area contributed by atoms with E-state index in [0.29, 0.717) is 5.75 Å². The number of nitrogens with one attached hydrogen (secondary N) is 2. The van der Waals surface area contributed by atoms with Crippen LogP contribution in [0.1, 0.15) is 36.7 Å². The lowest BCUT2D eigenvalue weighted by molar-refractivity contribution is -0.157. The molecule has 0 bridgehead atoms. The number of carbonyl (C=O) groups excluding carboxylic acids is 3. The molecule has 9 heteroatoms. The van der Waals surface area contributed by atoms with E-state index in [4.69, 9.17) is 9.47 Å². The number of rotatable bonds is 9. The highest BCUT2D eigenvalue weighted by Gasteiger charge is 2.30. The van der Waals surface area contributed by atoms with Crippen LogP contribution in [0.25, 0.3) is 0 Å². The summed E-state index contributed by atoms with van der Waals surface area (Å²) in [6, 6.07) is 8.86. The van der Waals surface area contributed by atoms with Crippen LogP contribution in [0.2, 0.25) is 0 Å². The van der Waals surface area contributed by atoms with Crippen LogP contribution in [0.3, 0.4) is 0 Å². The fourth-order valence-electron chi connectivity index (χ4n) is 2.80.